The van der Waals surface area contributed by atoms with E-state index >= 15 is 0 Å². The highest BCUT2D eigenvalue weighted by Gasteiger charge is 2.25. The maximum absolute atomic E-state index is 5.61. The van der Waals surface area contributed by atoms with Crippen LogP contribution in [-0.4, -0.2) is 36.9 Å². The van der Waals surface area contributed by atoms with Crippen LogP contribution in [-0.2, 0) is 13.1 Å². The molecule has 1 atom stereocenters. The lowest BCUT2D eigenvalue weighted by Gasteiger charge is -2.33. The van der Waals surface area contributed by atoms with E-state index in [9.17, 15) is 0 Å². The predicted octanol–water partition coefficient (Wildman–Crippen LogP) is 4.85. The summed E-state index contributed by atoms with van der Waals surface area (Å²) in [5.74, 6) is 4.03. The molecule has 4 heterocycles. The zero-order valence-corrected chi connectivity index (χ0v) is 18.0. The summed E-state index contributed by atoms with van der Waals surface area (Å²) >= 11 is 0. The molecule has 5 heteroatoms. The molecule has 0 unspecified atom stereocenters. The second-order valence-corrected chi connectivity index (χ2v) is 8.68. The molecular formula is C27H25N5. The van der Waals surface area contributed by atoms with Crippen LogP contribution in [0.2, 0.25) is 0 Å². The van der Waals surface area contributed by atoms with Crippen LogP contribution in [0.3, 0.4) is 0 Å². The van der Waals surface area contributed by atoms with Gasteiger partial charge in [-0.1, -0.05) is 36.3 Å². The molecule has 158 valence electrons. The number of terminal acetylenes is 1. The van der Waals surface area contributed by atoms with Crippen LogP contribution in [0.1, 0.15) is 30.0 Å². The Morgan fingerprint density at radius 1 is 1.03 bits per heavy atom. The van der Waals surface area contributed by atoms with Crippen molar-refractivity contribution >= 4 is 27.7 Å². The van der Waals surface area contributed by atoms with Crippen LogP contribution in [0.25, 0.3) is 27.7 Å². The third-order valence-electron chi connectivity index (χ3n) is 6.69. The Morgan fingerprint density at radius 2 is 1.88 bits per heavy atom. The van der Waals surface area contributed by atoms with Gasteiger partial charge in [-0.25, -0.2) is 9.97 Å². The molecule has 0 saturated carbocycles. The van der Waals surface area contributed by atoms with Gasteiger partial charge in [0.15, 0.2) is 0 Å². The van der Waals surface area contributed by atoms with Crippen molar-refractivity contribution in [1.82, 2.24) is 23.8 Å². The number of nitrogens with zero attached hydrogens (tertiary/aromatic N) is 5. The topological polar surface area (TPSA) is 38.4 Å². The Hall–Kier alpha value is -3.62. The predicted molar refractivity (Wildman–Crippen MR) is 129 cm³/mol. The molecule has 1 saturated heterocycles. The van der Waals surface area contributed by atoms with Gasteiger partial charge in [0, 0.05) is 48.0 Å². The molecule has 5 aromatic rings. The minimum atomic E-state index is 0.450. The summed E-state index contributed by atoms with van der Waals surface area (Å²) in [6, 6.07) is 19.1. The van der Waals surface area contributed by atoms with Crippen LogP contribution >= 0.6 is 0 Å². The number of likely N-dealkylation sites (tertiary alicyclic amines) is 1. The van der Waals surface area contributed by atoms with E-state index in [1.54, 1.807) is 0 Å². The third-order valence-corrected chi connectivity index (χ3v) is 6.69. The van der Waals surface area contributed by atoms with Crippen LogP contribution < -0.4 is 0 Å². The van der Waals surface area contributed by atoms with Gasteiger partial charge in [0.2, 0.25) is 5.78 Å². The molecule has 3 aromatic heterocycles. The molecule has 1 fully saturated rings. The van der Waals surface area contributed by atoms with Crippen LogP contribution in [0.15, 0.2) is 67.0 Å². The number of fused-ring (bicyclic) bond motifs is 4. The van der Waals surface area contributed by atoms with Crippen molar-refractivity contribution < 1.29 is 0 Å². The molecule has 0 spiro atoms. The van der Waals surface area contributed by atoms with E-state index < -0.39 is 0 Å². The zero-order valence-electron chi connectivity index (χ0n) is 18.0. The first kappa shape index (κ1) is 19.1. The molecule has 0 amide bonds. The monoisotopic (exact) mass is 419 g/mol. The van der Waals surface area contributed by atoms with E-state index in [-0.39, 0.29) is 0 Å². The van der Waals surface area contributed by atoms with Gasteiger partial charge in [-0.2, -0.15) is 0 Å². The molecule has 5 nitrogen and oxygen atoms in total. The second-order valence-electron chi connectivity index (χ2n) is 8.68. The van der Waals surface area contributed by atoms with Gasteiger partial charge in [-0.05, 0) is 49.2 Å². The Morgan fingerprint density at radius 3 is 2.78 bits per heavy atom. The van der Waals surface area contributed by atoms with Crippen molar-refractivity contribution in [2.24, 2.45) is 0 Å². The summed E-state index contributed by atoms with van der Waals surface area (Å²) in [6.45, 7) is 3.68. The summed E-state index contributed by atoms with van der Waals surface area (Å²) in [6.07, 6.45) is 12.1. The smallest absolute Gasteiger partial charge is 0.235 e. The average Bonchev–Trinajstić information content (AvgIpc) is 3.38. The van der Waals surface area contributed by atoms with E-state index in [1.807, 2.05) is 12.3 Å². The lowest BCUT2D eigenvalue weighted by Crippen LogP contribution is -2.34. The quantitative estimate of drug-likeness (QED) is 0.391. The lowest BCUT2D eigenvalue weighted by atomic mass is 9.94. The van der Waals surface area contributed by atoms with Crippen molar-refractivity contribution in [3.05, 3.63) is 78.2 Å². The third kappa shape index (κ3) is 3.16. The number of piperidine rings is 1. The summed E-state index contributed by atoms with van der Waals surface area (Å²) in [5, 5.41) is 1.30. The molecule has 1 aliphatic rings. The number of hydrogen-bond donors (Lipinski definition) is 0. The Bertz CT molecular complexity index is 1470. The first-order valence-corrected chi connectivity index (χ1v) is 11.3. The minimum Gasteiger partial charge on any atom is -0.336 e. The first-order valence-electron chi connectivity index (χ1n) is 11.3. The number of benzene rings is 2. The number of para-hydroxylation sites is 3. The van der Waals surface area contributed by atoms with Gasteiger partial charge >= 0.3 is 0 Å². The highest BCUT2D eigenvalue weighted by molar-refractivity contribution is 5.84. The average molecular weight is 420 g/mol. The Balaban J connectivity index is 1.33. The highest BCUT2D eigenvalue weighted by Crippen LogP contribution is 2.31. The van der Waals surface area contributed by atoms with E-state index in [0.717, 1.165) is 36.4 Å². The number of aromatic nitrogens is 4. The first-order chi connectivity index (χ1) is 15.8. The largest absolute Gasteiger partial charge is 0.336 e. The zero-order chi connectivity index (χ0) is 21.5. The SMILES string of the molecule is C#CCn1cc(CN2CCC[C@@H](c3ccnc4nc5ccccc5n34)C2)c2ccccc21. The second kappa shape index (κ2) is 7.81. The maximum Gasteiger partial charge on any atom is 0.235 e. The standard InChI is InChI=1S/C27H25N5/c1-2-15-31-19-21(22-9-3-5-11-25(22)31)18-30-16-7-8-20(17-30)24-13-14-28-27-29-23-10-4-6-12-26(23)32(24)27/h1,3-6,9-14,19-20H,7-8,15-18H2/t20-/m1/s1. The number of imidazole rings is 1. The van der Waals surface area contributed by atoms with Crippen LogP contribution in [0.4, 0.5) is 0 Å². The molecule has 1 aliphatic heterocycles. The van der Waals surface area contributed by atoms with Crippen molar-refractivity contribution in [2.45, 2.75) is 31.8 Å². The van der Waals surface area contributed by atoms with Gasteiger partial charge in [0.25, 0.3) is 0 Å². The maximum atomic E-state index is 5.61. The molecule has 0 bridgehead atoms. The lowest BCUT2D eigenvalue weighted by molar-refractivity contribution is 0.198. The summed E-state index contributed by atoms with van der Waals surface area (Å²) in [7, 11) is 0. The van der Waals surface area contributed by atoms with Gasteiger partial charge < -0.3 is 4.57 Å². The van der Waals surface area contributed by atoms with Gasteiger partial charge in [-0.3, -0.25) is 9.30 Å². The normalized spacial score (nSPS) is 17.3. The fraction of sp³-hybridized carbons (Fsp3) is 0.259. The van der Waals surface area contributed by atoms with Crippen LogP contribution in [0, 0.1) is 12.3 Å². The Labute approximate surface area is 187 Å². The van der Waals surface area contributed by atoms with E-state index in [1.165, 1.54) is 35.0 Å². The van der Waals surface area contributed by atoms with E-state index in [2.05, 4.69) is 79.5 Å². The molecule has 32 heavy (non-hydrogen) atoms. The molecular weight excluding hydrogens is 394 g/mol. The van der Waals surface area contributed by atoms with Gasteiger partial charge in [0.05, 0.1) is 17.6 Å². The van der Waals surface area contributed by atoms with Crippen molar-refractivity contribution in [1.29, 1.82) is 0 Å². The van der Waals surface area contributed by atoms with E-state index in [4.69, 9.17) is 11.4 Å². The van der Waals surface area contributed by atoms with Crippen molar-refractivity contribution in [2.75, 3.05) is 13.1 Å². The van der Waals surface area contributed by atoms with E-state index in [0.29, 0.717) is 12.5 Å². The molecule has 0 N–H and O–H groups in total. The fourth-order valence-electron chi connectivity index (χ4n) is 5.29. The number of rotatable bonds is 4. The highest BCUT2D eigenvalue weighted by atomic mass is 15.2. The molecule has 0 aliphatic carbocycles. The molecule has 2 aromatic carbocycles. The number of hydrogen-bond acceptors (Lipinski definition) is 3. The molecule has 0 radical (unpaired) electrons. The van der Waals surface area contributed by atoms with Gasteiger partial charge in [0.1, 0.15) is 0 Å². The van der Waals surface area contributed by atoms with Crippen molar-refractivity contribution in [3.63, 3.8) is 0 Å². The fourth-order valence-corrected chi connectivity index (χ4v) is 5.29. The Kier molecular flexibility index (Phi) is 4.66. The summed E-state index contributed by atoms with van der Waals surface area (Å²) in [4.78, 5) is 11.9. The minimum absolute atomic E-state index is 0.450. The van der Waals surface area contributed by atoms with Crippen LogP contribution in [0.5, 0.6) is 0 Å². The van der Waals surface area contributed by atoms with Crippen molar-refractivity contribution in [3.8, 4) is 12.3 Å². The summed E-state index contributed by atoms with van der Waals surface area (Å²) in [5.41, 5.74) is 6.02. The van der Waals surface area contributed by atoms with Gasteiger partial charge in [-0.15, -0.1) is 6.42 Å². The summed E-state index contributed by atoms with van der Waals surface area (Å²) < 4.78 is 4.44. The molecule has 6 rings (SSSR count).